The van der Waals surface area contributed by atoms with Gasteiger partial charge in [0.15, 0.2) is 0 Å². The van der Waals surface area contributed by atoms with Crippen molar-refractivity contribution in [3.05, 3.63) is 35.6 Å². The van der Waals surface area contributed by atoms with Crippen LogP contribution in [-0.4, -0.2) is 29.1 Å². The normalized spacial score (nSPS) is 24.3. The van der Waals surface area contributed by atoms with Crippen molar-refractivity contribution in [3.8, 4) is 0 Å². The Morgan fingerprint density at radius 1 is 1.47 bits per heavy atom. The number of carboxylic acid groups (broad SMARTS) is 1. The molecule has 0 aliphatic carbocycles. The minimum absolute atomic E-state index is 0.217. The van der Waals surface area contributed by atoms with E-state index in [1.807, 2.05) is 13.0 Å². The van der Waals surface area contributed by atoms with Crippen LogP contribution in [0.5, 0.6) is 0 Å². The predicted molar refractivity (Wildman–Crippen MR) is 71.3 cm³/mol. The number of benzene rings is 1. The second-order valence-corrected chi connectivity index (χ2v) is 5.34. The number of halogens is 1. The largest absolute Gasteiger partial charge is 0.481 e. The minimum atomic E-state index is -0.728. The number of carbonyl (C=O) groups is 1. The van der Waals surface area contributed by atoms with E-state index in [4.69, 9.17) is 0 Å². The number of nitrogens with zero attached hydrogens (tertiary/aromatic N) is 1. The fourth-order valence-corrected chi connectivity index (χ4v) is 2.84. The molecule has 0 bridgehead atoms. The van der Waals surface area contributed by atoms with Crippen molar-refractivity contribution in [1.82, 2.24) is 4.90 Å². The molecule has 19 heavy (non-hydrogen) atoms. The molecule has 0 spiro atoms. The molecular weight excluding hydrogens is 245 g/mol. The van der Waals surface area contributed by atoms with E-state index in [0.717, 1.165) is 13.0 Å². The lowest BCUT2D eigenvalue weighted by Gasteiger charge is -2.39. The molecule has 1 N–H and O–H groups in total. The highest BCUT2D eigenvalue weighted by atomic mass is 19.1. The summed E-state index contributed by atoms with van der Waals surface area (Å²) >= 11 is 0. The molecule has 3 nitrogen and oxygen atoms in total. The monoisotopic (exact) mass is 265 g/mol. The average Bonchev–Trinajstić information content (AvgIpc) is 2.41. The lowest BCUT2D eigenvalue weighted by molar-refractivity contribution is -0.153. The first kappa shape index (κ1) is 14.0. The molecule has 0 aromatic heterocycles. The molecule has 0 saturated carbocycles. The number of aliphatic carboxylic acids is 1. The summed E-state index contributed by atoms with van der Waals surface area (Å²) in [5.74, 6) is -0.946. The number of hydrogen-bond acceptors (Lipinski definition) is 2. The molecule has 1 aliphatic rings. The minimum Gasteiger partial charge on any atom is -0.481 e. The highest BCUT2D eigenvalue weighted by molar-refractivity contribution is 5.75. The van der Waals surface area contributed by atoms with E-state index in [1.54, 1.807) is 12.1 Å². The average molecular weight is 265 g/mol. The van der Waals surface area contributed by atoms with Gasteiger partial charge < -0.3 is 5.11 Å². The maximum absolute atomic E-state index is 13.6. The summed E-state index contributed by atoms with van der Waals surface area (Å²) < 4.78 is 13.6. The van der Waals surface area contributed by atoms with Crippen molar-refractivity contribution in [2.75, 3.05) is 13.1 Å². The highest BCUT2D eigenvalue weighted by Gasteiger charge is 2.40. The van der Waals surface area contributed by atoms with E-state index in [-0.39, 0.29) is 5.82 Å². The predicted octanol–water partition coefficient (Wildman–Crippen LogP) is 2.90. The molecule has 1 aromatic rings. The van der Waals surface area contributed by atoms with Crippen LogP contribution >= 0.6 is 0 Å². The first-order chi connectivity index (χ1) is 9.07. The van der Waals surface area contributed by atoms with E-state index in [2.05, 4.69) is 4.90 Å². The van der Waals surface area contributed by atoms with Gasteiger partial charge in [-0.25, -0.2) is 4.39 Å². The Balaban J connectivity index is 2.10. The topological polar surface area (TPSA) is 40.5 Å². The van der Waals surface area contributed by atoms with Gasteiger partial charge in [-0.2, -0.15) is 0 Å². The number of rotatable bonds is 4. The Labute approximate surface area is 113 Å². The van der Waals surface area contributed by atoms with Crippen LogP contribution in [0.3, 0.4) is 0 Å². The smallest absolute Gasteiger partial charge is 0.310 e. The van der Waals surface area contributed by atoms with Crippen LogP contribution in [-0.2, 0) is 11.3 Å². The van der Waals surface area contributed by atoms with Crippen molar-refractivity contribution < 1.29 is 14.3 Å². The summed E-state index contributed by atoms with van der Waals surface area (Å²) in [7, 11) is 0. The molecule has 1 heterocycles. The molecule has 104 valence electrons. The van der Waals surface area contributed by atoms with Gasteiger partial charge in [-0.3, -0.25) is 9.69 Å². The molecule has 1 saturated heterocycles. The molecule has 1 aromatic carbocycles. The summed E-state index contributed by atoms with van der Waals surface area (Å²) in [6.45, 7) is 3.75. The van der Waals surface area contributed by atoms with Gasteiger partial charge in [0.1, 0.15) is 5.82 Å². The Hall–Kier alpha value is -1.42. The van der Waals surface area contributed by atoms with Crippen molar-refractivity contribution in [1.29, 1.82) is 0 Å². The fraction of sp³-hybridized carbons (Fsp3) is 0.533. The summed E-state index contributed by atoms with van der Waals surface area (Å²) in [6, 6.07) is 6.69. The van der Waals surface area contributed by atoms with E-state index >= 15 is 0 Å². The van der Waals surface area contributed by atoms with Gasteiger partial charge in [0.25, 0.3) is 0 Å². The van der Waals surface area contributed by atoms with Gasteiger partial charge in [-0.1, -0.05) is 25.1 Å². The van der Waals surface area contributed by atoms with Gasteiger partial charge in [-0.05, 0) is 31.9 Å². The first-order valence-electron chi connectivity index (χ1n) is 6.76. The Morgan fingerprint density at radius 2 is 2.21 bits per heavy atom. The third-order valence-corrected chi connectivity index (χ3v) is 4.14. The summed E-state index contributed by atoms with van der Waals surface area (Å²) in [5.41, 5.74) is -0.0245. The molecule has 1 aliphatic heterocycles. The third-order valence-electron chi connectivity index (χ3n) is 4.14. The van der Waals surface area contributed by atoms with Crippen LogP contribution in [0.15, 0.2) is 24.3 Å². The van der Waals surface area contributed by atoms with Crippen LogP contribution in [0.25, 0.3) is 0 Å². The van der Waals surface area contributed by atoms with Crippen molar-refractivity contribution in [3.63, 3.8) is 0 Å². The zero-order chi connectivity index (χ0) is 13.9. The summed E-state index contributed by atoms with van der Waals surface area (Å²) in [5, 5.41) is 9.43. The quantitative estimate of drug-likeness (QED) is 0.910. The lowest BCUT2D eigenvalue weighted by Crippen LogP contribution is -2.47. The van der Waals surface area contributed by atoms with Crippen LogP contribution in [0.4, 0.5) is 4.39 Å². The number of piperidine rings is 1. The number of hydrogen-bond donors (Lipinski definition) is 1. The zero-order valence-electron chi connectivity index (χ0n) is 11.2. The van der Waals surface area contributed by atoms with Crippen molar-refractivity contribution >= 4 is 5.97 Å². The van der Waals surface area contributed by atoms with Gasteiger partial charge in [0, 0.05) is 18.7 Å². The van der Waals surface area contributed by atoms with E-state index < -0.39 is 11.4 Å². The second kappa shape index (κ2) is 5.70. The SMILES string of the molecule is CCC1(C(=O)O)CCCN(Cc2ccccc2F)C1. The molecule has 0 radical (unpaired) electrons. The Morgan fingerprint density at radius 3 is 2.84 bits per heavy atom. The van der Waals surface area contributed by atoms with Gasteiger partial charge in [0.05, 0.1) is 5.41 Å². The molecule has 1 fully saturated rings. The maximum Gasteiger partial charge on any atom is 0.310 e. The van der Waals surface area contributed by atoms with Crippen LogP contribution in [0, 0.1) is 11.2 Å². The molecule has 4 heteroatoms. The Kier molecular flexibility index (Phi) is 4.20. The van der Waals surface area contributed by atoms with Gasteiger partial charge >= 0.3 is 5.97 Å². The van der Waals surface area contributed by atoms with E-state index in [1.165, 1.54) is 6.07 Å². The number of likely N-dealkylation sites (tertiary alicyclic amines) is 1. The van der Waals surface area contributed by atoms with Crippen molar-refractivity contribution in [2.24, 2.45) is 5.41 Å². The number of carboxylic acids is 1. The van der Waals surface area contributed by atoms with Crippen LogP contribution in [0.2, 0.25) is 0 Å². The van der Waals surface area contributed by atoms with Crippen LogP contribution < -0.4 is 0 Å². The van der Waals surface area contributed by atoms with Crippen LogP contribution in [0.1, 0.15) is 31.7 Å². The van der Waals surface area contributed by atoms with Gasteiger partial charge in [0.2, 0.25) is 0 Å². The zero-order valence-corrected chi connectivity index (χ0v) is 11.2. The molecule has 1 unspecified atom stereocenters. The molecular formula is C15H20FNO2. The lowest BCUT2D eigenvalue weighted by atomic mass is 9.77. The first-order valence-corrected chi connectivity index (χ1v) is 6.76. The molecule has 0 amide bonds. The van der Waals surface area contributed by atoms with E-state index in [9.17, 15) is 14.3 Å². The fourth-order valence-electron chi connectivity index (χ4n) is 2.84. The van der Waals surface area contributed by atoms with Gasteiger partial charge in [-0.15, -0.1) is 0 Å². The molecule has 1 atom stereocenters. The molecule has 2 rings (SSSR count). The standard InChI is InChI=1S/C15H20FNO2/c1-2-15(14(18)19)8-5-9-17(11-15)10-12-6-3-4-7-13(12)16/h3-4,6-7H,2,5,8-11H2,1H3,(H,18,19). The summed E-state index contributed by atoms with van der Waals surface area (Å²) in [4.78, 5) is 13.5. The van der Waals surface area contributed by atoms with E-state index in [0.29, 0.717) is 31.5 Å². The third kappa shape index (κ3) is 2.95. The van der Waals surface area contributed by atoms with Crippen molar-refractivity contribution in [2.45, 2.75) is 32.7 Å². The Bertz CT molecular complexity index is 463. The second-order valence-electron chi connectivity index (χ2n) is 5.34. The maximum atomic E-state index is 13.6. The highest BCUT2D eigenvalue weighted by Crippen LogP contribution is 2.34. The summed E-state index contributed by atoms with van der Waals surface area (Å²) in [6.07, 6.45) is 2.19.